The van der Waals surface area contributed by atoms with Crippen LogP contribution in [0, 0.1) is 13.8 Å². The Bertz CT molecular complexity index is 835. The van der Waals surface area contributed by atoms with Crippen molar-refractivity contribution in [3.63, 3.8) is 0 Å². The van der Waals surface area contributed by atoms with E-state index in [4.69, 9.17) is 0 Å². The zero-order valence-electron chi connectivity index (χ0n) is 14.2. The third-order valence-electron chi connectivity index (χ3n) is 4.18. The van der Waals surface area contributed by atoms with Gasteiger partial charge in [0.2, 0.25) is 0 Å². The molecule has 0 aliphatic rings. The molecule has 1 N–H and O–H groups in total. The second-order valence-electron chi connectivity index (χ2n) is 6.00. The van der Waals surface area contributed by atoms with Crippen LogP contribution in [0.3, 0.4) is 0 Å². The van der Waals surface area contributed by atoms with E-state index in [2.05, 4.69) is 10.4 Å². The molecule has 4 heteroatoms. The molecule has 2 aromatic carbocycles. The number of amides is 1. The van der Waals surface area contributed by atoms with Gasteiger partial charge in [-0.05, 0) is 38.5 Å². The Morgan fingerprint density at radius 1 is 1.04 bits per heavy atom. The van der Waals surface area contributed by atoms with Crippen LogP contribution in [0.1, 0.15) is 40.1 Å². The number of aryl methyl sites for hydroxylation is 1. The Morgan fingerprint density at radius 3 is 2.38 bits per heavy atom. The molecule has 3 rings (SSSR count). The predicted molar refractivity (Wildman–Crippen MR) is 95.4 cm³/mol. The summed E-state index contributed by atoms with van der Waals surface area (Å²) in [6, 6.07) is 17.9. The summed E-state index contributed by atoms with van der Waals surface area (Å²) in [6.07, 6.45) is 1.63. The van der Waals surface area contributed by atoms with Gasteiger partial charge in [0.15, 0.2) is 0 Å². The first-order valence-electron chi connectivity index (χ1n) is 8.03. The van der Waals surface area contributed by atoms with Crippen LogP contribution in [-0.2, 0) is 0 Å². The quantitative estimate of drug-likeness (QED) is 0.790. The summed E-state index contributed by atoms with van der Waals surface area (Å²) in [5, 5.41) is 7.41. The molecule has 0 aliphatic heterocycles. The highest BCUT2D eigenvalue weighted by molar-refractivity contribution is 5.95. The molecular formula is C20H21N3O. The van der Waals surface area contributed by atoms with Crippen LogP contribution in [0.4, 0.5) is 0 Å². The van der Waals surface area contributed by atoms with E-state index < -0.39 is 0 Å². The Kier molecular flexibility index (Phi) is 4.47. The second kappa shape index (κ2) is 6.71. The number of aromatic nitrogens is 2. The molecule has 0 spiro atoms. The summed E-state index contributed by atoms with van der Waals surface area (Å²) >= 11 is 0. The van der Waals surface area contributed by atoms with E-state index in [9.17, 15) is 4.79 Å². The Morgan fingerprint density at radius 2 is 1.71 bits per heavy atom. The maximum atomic E-state index is 12.6. The first-order chi connectivity index (χ1) is 11.6. The molecule has 0 radical (unpaired) electrons. The summed E-state index contributed by atoms with van der Waals surface area (Å²) in [6.45, 7) is 5.94. The molecule has 0 bridgehead atoms. The minimum Gasteiger partial charge on any atom is -0.345 e. The van der Waals surface area contributed by atoms with Gasteiger partial charge < -0.3 is 5.32 Å². The molecule has 0 saturated carbocycles. The topological polar surface area (TPSA) is 46.9 Å². The molecule has 1 amide bonds. The lowest BCUT2D eigenvalue weighted by molar-refractivity contribution is 0.0939. The molecule has 0 fully saturated rings. The summed E-state index contributed by atoms with van der Waals surface area (Å²) in [5.41, 5.74) is 4.65. The van der Waals surface area contributed by atoms with Crippen LogP contribution in [0.2, 0.25) is 0 Å². The molecule has 122 valence electrons. The Labute approximate surface area is 142 Å². The molecule has 24 heavy (non-hydrogen) atoms. The van der Waals surface area contributed by atoms with E-state index >= 15 is 0 Å². The average molecular weight is 319 g/mol. The van der Waals surface area contributed by atoms with Crippen molar-refractivity contribution in [2.75, 3.05) is 0 Å². The molecule has 3 aromatic rings. The maximum Gasteiger partial charge on any atom is 0.255 e. The van der Waals surface area contributed by atoms with Gasteiger partial charge >= 0.3 is 0 Å². The lowest BCUT2D eigenvalue weighted by atomic mass is 10.1. The number of carbonyl (C=O) groups excluding carboxylic acids is 1. The second-order valence-corrected chi connectivity index (χ2v) is 6.00. The fourth-order valence-corrected chi connectivity index (χ4v) is 2.68. The van der Waals surface area contributed by atoms with Crippen molar-refractivity contribution in [2.45, 2.75) is 26.8 Å². The van der Waals surface area contributed by atoms with Gasteiger partial charge in [0.05, 0.1) is 29.2 Å². The van der Waals surface area contributed by atoms with Crippen LogP contribution in [-0.4, -0.2) is 15.7 Å². The zero-order chi connectivity index (χ0) is 17.1. The fourth-order valence-electron chi connectivity index (χ4n) is 2.68. The molecule has 4 nitrogen and oxygen atoms in total. The first-order valence-corrected chi connectivity index (χ1v) is 8.03. The highest BCUT2D eigenvalue weighted by Gasteiger charge is 2.17. The van der Waals surface area contributed by atoms with Gasteiger partial charge in [-0.15, -0.1) is 0 Å². The van der Waals surface area contributed by atoms with Crippen molar-refractivity contribution >= 4 is 5.91 Å². The van der Waals surface area contributed by atoms with Crippen LogP contribution < -0.4 is 5.32 Å². The van der Waals surface area contributed by atoms with Crippen LogP contribution >= 0.6 is 0 Å². The molecule has 0 unspecified atom stereocenters. The highest BCUT2D eigenvalue weighted by atomic mass is 16.1. The minimum absolute atomic E-state index is 0.0548. The van der Waals surface area contributed by atoms with E-state index in [0.717, 1.165) is 16.9 Å². The van der Waals surface area contributed by atoms with Gasteiger partial charge in [-0.1, -0.05) is 48.0 Å². The number of nitrogens with one attached hydrogen (secondary N) is 1. The highest BCUT2D eigenvalue weighted by Crippen LogP contribution is 2.17. The zero-order valence-corrected chi connectivity index (χ0v) is 14.2. The van der Waals surface area contributed by atoms with Gasteiger partial charge in [0.1, 0.15) is 0 Å². The van der Waals surface area contributed by atoms with E-state index in [1.54, 1.807) is 10.9 Å². The third kappa shape index (κ3) is 3.23. The largest absolute Gasteiger partial charge is 0.345 e. The lowest BCUT2D eigenvalue weighted by Crippen LogP contribution is -2.27. The van der Waals surface area contributed by atoms with Crippen molar-refractivity contribution in [3.05, 3.63) is 83.2 Å². The molecule has 1 heterocycles. The van der Waals surface area contributed by atoms with Crippen LogP contribution in [0.5, 0.6) is 0 Å². The summed E-state index contributed by atoms with van der Waals surface area (Å²) < 4.78 is 1.79. The van der Waals surface area contributed by atoms with Crippen molar-refractivity contribution < 1.29 is 4.79 Å². The molecule has 0 saturated heterocycles. The average Bonchev–Trinajstić information content (AvgIpc) is 2.98. The first kappa shape index (κ1) is 16.0. The third-order valence-corrected chi connectivity index (χ3v) is 4.18. The van der Waals surface area contributed by atoms with Gasteiger partial charge in [-0.2, -0.15) is 5.10 Å². The van der Waals surface area contributed by atoms with Gasteiger partial charge in [0.25, 0.3) is 5.91 Å². The summed E-state index contributed by atoms with van der Waals surface area (Å²) in [5.74, 6) is -0.109. The smallest absolute Gasteiger partial charge is 0.255 e. The Hall–Kier alpha value is -2.88. The van der Waals surface area contributed by atoms with E-state index in [0.29, 0.717) is 5.56 Å². The number of benzene rings is 2. The molecule has 1 atom stereocenters. The normalized spacial score (nSPS) is 12.0. The molecular weight excluding hydrogens is 298 g/mol. The molecule has 0 aliphatic carbocycles. The van der Waals surface area contributed by atoms with E-state index in [1.165, 1.54) is 5.56 Å². The van der Waals surface area contributed by atoms with Gasteiger partial charge in [-0.25, -0.2) is 4.68 Å². The number of rotatable bonds is 4. The van der Waals surface area contributed by atoms with E-state index in [-0.39, 0.29) is 11.9 Å². The standard InChI is InChI=1S/C20H21N3O/c1-14-9-11-18(12-10-14)23-16(3)19(13-21-23)20(24)22-15(2)17-7-5-4-6-8-17/h4-13,15H,1-3H3,(H,22,24)/t15-/m1/s1. The molecule has 1 aromatic heterocycles. The minimum atomic E-state index is -0.109. The summed E-state index contributed by atoms with van der Waals surface area (Å²) in [7, 11) is 0. The maximum absolute atomic E-state index is 12.6. The predicted octanol–water partition coefficient (Wildman–Crippen LogP) is 3.98. The van der Waals surface area contributed by atoms with Crippen molar-refractivity contribution in [2.24, 2.45) is 0 Å². The van der Waals surface area contributed by atoms with Crippen molar-refractivity contribution in [1.29, 1.82) is 0 Å². The van der Waals surface area contributed by atoms with Crippen molar-refractivity contribution in [3.8, 4) is 5.69 Å². The number of nitrogens with zero attached hydrogens (tertiary/aromatic N) is 2. The van der Waals surface area contributed by atoms with Gasteiger partial charge in [0, 0.05) is 0 Å². The van der Waals surface area contributed by atoms with Gasteiger partial charge in [-0.3, -0.25) is 4.79 Å². The van der Waals surface area contributed by atoms with Crippen molar-refractivity contribution in [1.82, 2.24) is 15.1 Å². The van der Waals surface area contributed by atoms with Crippen LogP contribution in [0.15, 0.2) is 60.8 Å². The summed E-state index contributed by atoms with van der Waals surface area (Å²) in [4.78, 5) is 12.6. The number of hydrogen-bond acceptors (Lipinski definition) is 2. The monoisotopic (exact) mass is 319 g/mol. The van der Waals surface area contributed by atoms with E-state index in [1.807, 2.05) is 75.4 Å². The SMILES string of the molecule is Cc1ccc(-n2ncc(C(=O)N[C@H](C)c3ccccc3)c2C)cc1. The fraction of sp³-hybridized carbons (Fsp3) is 0.200. The number of carbonyl (C=O) groups is 1. The Balaban J connectivity index is 1.80. The lowest BCUT2D eigenvalue weighted by Gasteiger charge is -2.14. The van der Waals surface area contributed by atoms with Crippen LogP contribution in [0.25, 0.3) is 5.69 Å². The number of hydrogen-bond donors (Lipinski definition) is 1.